The predicted octanol–water partition coefficient (Wildman–Crippen LogP) is 3.40. The zero-order valence-corrected chi connectivity index (χ0v) is 9.88. The van der Waals surface area contributed by atoms with Gasteiger partial charge in [-0.05, 0) is 31.0 Å². The van der Waals surface area contributed by atoms with Crippen molar-refractivity contribution in [1.82, 2.24) is 5.32 Å². The number of hydrogen-bond donors (Lipinski definition) is 1. The van der Waals surface area contributed by atoms with E-state index in [1.807, 2.05) is 31.2 Å². The summed E-state index contributed by atoms with van der Waals surface area (Å²) in [5, 5.41) is 4.14. The van der Waals surface area contributed by atoms with Crippen molar-refractivity contribution < 1.29 is 0 Å². The highest BCUT2D eigenvalue weighted by Crippen LogP contribution is 2.19. The number of halogens is 1. The SMILES string of the molecule is C#CC(C)NC(CC)c1ccc(Cl)cc1. The quantitative estimate of drug-likeness (QED) is 0.769. The Morgan fingerprint density at radius 2 is 2.00 bits per heavy atom. The Hall–Kier alpha value is -0.970. The van der Waals surface area contributed by atoms with Crippen LogP contribution in [0.4, 0.5) is 0 Å². The minimum absolute atomic E-state index is 0.0885. The van der Waals surface area contributed by atoms with Crippen LogP contribution in [0.5, 0.6) is 0 Å². The minimum Gasteiger partial charge on any atom is -0.297 e. The van der Waals surface area contributed by atoms with Crippen LogP contribution < -0.4 is 5.32 Å². The molecule has 80 valence electrons. The Bertz CT molecular complexity index is 337. The molecule has 0 amide bonds. The molecule has 0 aliphatic carbocycles. The van der Waals surface area contributed by atoms with Gasteiger partial charge in [0.1, 0.15) is 0 Å². The van der Waals surface area contributed by atoms with Crippen molar-refractivity contribution in [2.24, 2.45) is 0 Å². The predicted molar refractivity (Wildman–Crippen MR) is 65.9 cm³/mol. The van der Waals surface area contributed by atoms with Crippen LogP contribution >= 0.6 is 11.6 Å². The summed E-state index contributed by atoms with van der Waals surface area (Å²) in [5.74, 6) is 2.67. The van der Waals surface area contributed by atoms with Crippen LogP contribution in [0, 0.1) is 12.3 Å². The van der Waals surface area contributed by atoms with E-state index in [1.165, 1.54) is 5.56 Å². The maximum atomic E-state index is 5.84. The van der Waals surface area contributed by atoms with Gasteiger partial charge in [0.15, 0.2) is 0 Å². The van der Waals surface area contributed by atoms with Crippen molar-refractivity contribution in [1.29, 1.82) is 0 Å². The van der Waals surface area contributed by atoms with Gasteiger partial charge in [-0.2, -0.15) is 0 Å². The molecule has 0 aromatic heterocycles. The van der Waals surface area contributed by atoms with Gasteiger partial charge in [0, 0.05) is 11.1 Å². The largest absolute Gasteiger partial charge is 0.297 e. The highest BCUT2D eigenvalue weighted by molar-refractivity contribution is 6.30. The normalized spacial score (nSPS) is 14.3. The van der Waals surface area contributed by atoms with Crippen molar-refractivity contribution in [2.75, 3.05) is 0 Å². The van der Waals surface area contributed by atoms with Crippen LogP contribution in [0.3, 0.4) is 0 Å². The highest BCUT2D eigenvalue weighted by Gasteiger charge is 2.10. The molecule has 0 radical (unpaired) electrons. The lowest BCUT2D eigenvalue weighted by Crippen LogP contribution is -2.28. The molecule has 15 heavy (non-hydrogen) atoms. The van der Waals surface area contributed by atoms with Crippen LogP contribution in [-0.2, 0) is 0 Å². The monoisotopic (exact) mass is 221 g/mol. The molecule has 0 saturated heterocycles. The lowest BCUT2D eigenvalue weighted by Gasteiger charge is -2.19. The summed E-state index contributed by atoms with van der Waals surface area (Å²) < 4.78 is 0. The number of benzene rings is 1. The van der Waals surface area contributed by atoms with Crippen LogP contribution in [0.15, 0.2) is 24.3 Å². The van der Waals surface area contributed by atoms with Crippen molar-refractivity contribution in [3.05, 3.63) is 34.9 Å². The Morgan fingerprint density at radius 3 is 2.47 bits per heavy atom. The lowest BCUT2D eigenvalue weighted by atomic mass is 10.0. The highest BCUT2D eigenvalue weighted by atomic mass is 35.5. The van der Waals surface area contributed by atoms with Gasteiger partial charge in [0.2, 0.25) is 0 Å². The van der Waals surface area contributed by atoms with Crippen molar-refractivity contribution in [3.8, 4) is 12.3 Å². The third-order valence-electron chi connectivity index (χ3n) is 2.38. The molecule has 1 aromatic rings. The Balaban J connectivity index is 2.75. The van der Waals surface area contributed by atoms with Gasteiger partial charge in [0.25, 0.3) is 0 Å². The number of terminal acetylenes is 1. The maximum absolute atomic E-state index is 5.84. The van der Waals surface area contributed by atoms with Gasteiger partial charge in [-0.15, -0.1) is 6.42 Å². The summed E-state index contributed by atoms with van der Waals surface area (Å²) in [6, 6.07) is 8.27. The molecule has 0 bridgehead atoms. The summed E-state index contributed by atoms with van der Waals surface area (Å²) in [7, 11) is 0. The zero-order valence-electron chi connectivity index (χ0n) is 9.13. The second kappa shape index (κ2) is 5.80. The van der Waals surface area contributed by atoms with Crippen LogP contribution in [-0.4, -0.2) is 6.04 Å². The summed E-state index contributed by atoms with van der Waals surface area (Å²) in [6.45, 7) is 4.12. The van der Waals surface area contributed by atoms with E-state index in [9.17, 15) is 0 Å². The van der Waals surface area contributed by atoms with E-state index in [0.29, 0.717) is 6.04 Å². The molecule has 1 N–H and O–H groups in total. The Morgan fingerprint density at radius 1 is 1.40 bits per heavy atom. The molecule has 0 fully saturated rings. The van der Waals surface area contributed by atoms with Crippen molar-refractivity contribution >= 4 is 11.6 Å². The van der Waals surface area contributed by atoms with E-state index in [2.05, 4.69) is 18.2 Å². The van der Waals surface area contributed by atoms with Crippen LogP contribution in [0.2, 0.25) is 5.02 Å². The summed E-state index contributed by atoms with van der Waals surface area (Å²) >= 11 is 5.84. The summed E-state index contributed by atoms with van der Waals surface area (Å²) in [6.07, 6.45) is 6.35. The molecule has 1 rings (SSSR count). The topological polar surface area (TPSA) is 12.0 Å². The molecule has 1 aromatic carbocycles. The molecular weight excluding hydrogens is 206 g/mol. The van der Waals surface area contributed by atoms with Crippen LogP contribution in [0.1, 0.15) is 31.9 Å². The number of rotatable bonds is 4. The van der Waals surface area contributed by atoms with Gasteiger partial charge in [-0.1, -0.05) is 36.6 Å². The fourth-order valence-electron chi connectivity index (χ4n) is 1.49. The van der Waals surface area contributed by atoms with Gasteiger partial charge < -0.3 is 0 Å². The van der Waals surface area contributed by atoms with E-state index >= 15 is 0 Å². The van der Waals surface area contributed by atoms with Crippen molar-refractivity contribution in [2.45, 2.75) is 32.4 Å². The molecular formula is C13H16ClN. The number of nitrogens with one attached hydrogen (secondary N) is 1. The first-order chi connectivity index (χ1) is 7.17. The van der Waals surface area contributed by atoms with Crippen LogP contribution in [0.25, 0.3) is 0 Å². The molecule has 0 aliphatic heterocycles. The van der Waals surface area contributed by atoms with Gasteiger partial charge >= 0.3 is 0 Å². The average molecular weight is 222 g/mol. The zero-order chi connectivity index (χ0) is 11.3. The molecule has 2 atom stereocenters. The molecule has 0 saturated carbocycles. The van der Waals surface area contributed by atoms with E-state index in [1.54, 1.807) is 0 Å². The summed E-state index contributed by atoms with van der Waals surface area (Å²) in [4.78, 5) is 0. The standard InChI is InChI=1S/C13H16ClN/c1-4-10(3)15-13(5-2)11-6-8-12(14)9-7-11/h1,6-10,13,15H,5H2,2-3H3. The van der Waals surface area contributed by atoms with E-state index in [-0.39, 0.29) is 6.04 Å². The Kier molecular flexibility index (Phi) is 4.68. The average Bonchev–Trinajstić information content (AvgIpc) is 2.27. The second-order valence-electron chi connectivity index (χ2n) is 3.57. The number of hydrogen-bond acceptors (Lipinski definition) is 1. The molecule has 0 aliphatic rings. The molecule has 2 heteroatoms. The van der Waals surface area contributed by atoms with Gasteiger partial charge in [0.05, 0.1) is 6.04 Å². The summed E-state index contributed by atoms with van der Waals surface area (Å²) in [5.41, 5.74) is 1.23. The molecule has 2 unspecified atom stereocenters. The van der Waals surface area contributed by atoms with E-state index in [0.717, 1.165) is 11.4 Å². The second-order valence-corrected chi connectivity index (χ2v) is 4.00. The van der Waals surface area contributed by atoms with Gasteiger partial charge in [-0.3, -0.25) is 5.32 Å². The molecule has 1 nitrogen and oxygen atoms in total. The first-order valence-electron chi connectivity index (χ1n) is 5.15. The Labute approximate surface area is 96.8 Å². The third-order valence-corrected chi connectivity index (χ3v) is 2.63. The van der Waals surface area contributed by atoms with Crippen molar-refractivity contribution in [3.63, 3.8) is 0 Å². The molecule has 0 spiro atoms. The third kappa shape index (κ3) is 3.58. The van der Waals surface area contributed by atoms with E-state index < -0.39 is 0 Å². The minimum atomic E-state index is 0.0885. The van der Waals surface area contributed by atoms with Gasteiger partial charge in [-0.25, -0.2) is 0 Å². The van der Waals surface area contributed by atoms with E-state index in [4.69, 9.17) is 18.0 Å². The fraction of sp³-hybridized carbons (Fsp3) is 0.385. The first-order valence-corrected chi connectivity index (χ1v) is 5.52. The maximum Gasteiger partial charge on any atom is 0.0663 e. The lowest BCUT2D eigenvalue weighted by molar-refractivity contribution is 0.497. The fourth-order valence-corrected chi connectivity index (χ4v) is 1.62. The molecule has 0 heterocycles. The first kappa shape index (κ1) is 12.1. The smallest absolute Gasteiger partial charge is 0.0663 e.